The molecule has 0 spiro atoms. The van der Waals surface area contributed by atoms with Crippen LogP contribution in [-0.4, -0.2) is 17.6 Å². The average Bonchev–Trinajstić information content (AvgIpc) is 3.13. The Morgan fingerprint density at radius 1 is 1.29 bits per heavy atom. The summed E-state index contributed by atoms with van der Waals surface area (Å²) in [5.74, 6) is -2.17. The van der Waals surface area contributed by atoms with Crippen molar-refractivity contribution in [2.45, 2.75) is 11.5 Å². The maximum absolute atomic E-state index is 12.2. The summed E-state index contributed by atoms with van der Waals surface area (Å²) in [7, 11) is 0. The Balaban J connectivity index is 1.79. The van der Waals surface area contributed by atoms with Crippen LogP contribution < -0.4 is 0 Å². The zero-order valence-corrected chi connectivity index (χ0v) is 13.6. The quantitative estimate of drug-likeness (QED) is 0.564. The second kappa shape index (κ2) is 7.19. The number of cyclic esters (lactones) is 1. The number of hydrogen-bond acceptors (Lipinski definition) is 5. The average molecular weight is 370 g/mol. The van der Waals surface area contributed by atoms with Gasteiger partial charge in [0.05, 0.1) is 5.75 Å². The minimum absolute atomic E-state index is 0.0440. The molecule has 1 aromatic heterocycles. The molecule has 0 bridgehead atoms. The summed E-state index contributed by atoms with van der Waals surface area (Å²) in [4.78, 5) is 16.0. The summed E-state index contributed by atoms with van der Waals surface area (Å²) in [5, 5.41) is 0.496. The molecule has 124 valence electrons. The Kier molecular flexibility index (Phi) is 5.01. The van der Waals surface area contributed by atoms with Gasteiger partial charge in [-0.05, 0) is 30.3 Å². The van der Waals surface area contributed by atoms with Gasteiger partial charge in [-0.1, -0.05) is 29.4 Å². The van der Waals surface area contributed by atoms with E-state index in [-0.39, 0.29) is 17.3 Å². The number of carbonyl (C=O) groups excluding carboxylic acids is 1. The molecule has 0 unspecified atom stereocenters. The minimum Gasteiger partial charge on any atom is -0.461 e. The second-order valence-electron chi connectivity index (χ2n) is 4.72. The van der Waals surface area contributed by atoms with E-state index < -0.39 is 11.7 Å². The molecule has 4 nitrogen and oxygen atoms in total. The summed E-state index contributed by atoms with van der Waals surface area (Å²) in [6.45, 7) is 0. The summed E-state index contributed by atoms with van der Waals surface area (Å²) < 4.78 is 34.8. The number of thioether (sulfide) groups is 1. The largest absolute Gasteiger partial charge is 0.461 e. The van der Waals surface area contributed by atoms with Crippen LogP contribution in [0.25, 0.3) is 6.08 Å². The number of halogens is 3. The number of hydrogen-bond donors (Lipinski definition) is 0. The number of nitrogens with zero attached hydrogens (tertiary/aromatic N) is 1. The van der Waals surface area contributed by atoms with E-state index in [9.17, 15) is 13.6 Å². The predicted octanol–water partition coefficient (Wildman–Crippen LogP) is 4.73. The monoisotopic (exact) mass is 369 g/mol. The zero-order chi connectivity index (χ0) is 17.1. The summed E-state index contributed by atoms with van der Waals surface area (Å²) in [6, 6.07) is 9.91. The van der Waals surface area contributed by atoms with Gasteiger partial charge in [0.15, 0.2) is 5.70 Å². The van der Waals surface area contributed by atoms with Crippen LogP contribution in [-0.2, 0) is 15.3 Å². The van der Waals surface area contributed by atoms with Crippen LogP contribution in [0.15, 0.2) is 51.5 Å². The standard InChI is InChI=1S/C16H10ClF2NO3S/c17-10-3-1-2-9(6-10)14-20-13(15(21)23-14)7-11-4-5-12(22-11)8-24-16(18)19/h1-7,16H,8H2/b13-7-. The lowest BCUT2D eigenvalue weighted by Gasteiger charge is -1.98. The Morgan fingerprint density at radius 3 is 2.88 bits per heavy atom. The van der Waals surface area contributed by atoms with Crippen molar-refractivity contribution in [1.29, 1.82) is 0 Å². The highest BCUT2D eigenvalue weighted by molar-refractivity contribution is 7.98. The fourth-order valence-corrected chi connectivity index (χ4v) is 2.62. The molecule has 2 aromatic rings. The van der Waals surface area contributed by atoms with Crippen LogP contribution >= 0.6 is 23.4 Å². The maximum Gasteiger partial charge on any atom is 0.363 e. The van der Waals surface area contributed by atoms with Crippen molar-refractivity contribution in [3.8, 4) is 0 Å². The molecule has 1 aliphatic heterocycles. The van der Waals surface area contributed by atoms with Crippen molar-refractivity contribution >= 4 is 41.3 Å². The molecule has 8 heteroatoms. The van der Waals surface area contributed by atoms with Gasteiger partial charge in [-0.3, -0.25) is 0 Å². The lowest BCUT2D eigenvalue weighted by atomic mass is 10.2. The SMILES string of the molecule is O=C1OC(c2cccc(Cl)c2)=N/C1=C\c1ccc(CSC(F)F)o1. The Labute approximate surface area is 145 Å². The van der Waals surface area contributed by atoms with Crippen LogP contribution in [0.4, 0.5) is 8.78 Å². The van der Waals surface area contributed by atoms with Gasteiger partial charge in [-0.25, -0.2) is 9.79 Å². The van der Waals surface area contributed by atoms with Crippen LogP contribution in [0, 0.1) is 0 Å². The maximum atomic E-state index is 12.2. The van der Waals surface area contributed by atoms with Crippen molar-refractivity contribution in [1.82, 2.24) is 0 Å². The predicted molar refractivity (Wildman–Crippen MR) is 88.1 cm³/mol. The molecule has 0 saturated heterocycles. The molecule has 1 aromatic carbocycles. The van der Waals surface area contributed by atoms with Crippen LogP contribution in [0.2, 0.25) is 5.02 Å². The minimum atomic E-state index is -2.47. The van der Waals surface area contributed by atoms with Crippen molar-refractivity contribution < 1.29 is 22.7 Å². The van der Waals surface area contributed by atoms with E-state index in [2.05, 4.69) is 4.99 Å². The molecule has 24 heavy (non-hydrogen) atoms. The number of benzene rings is 1. The van der Waals surface area contributed by atoms with E-state index in [0.29, 0.717) is 33.9 Å². The van der Waals surface area contributed by atoms with Gasteiger partial charge < -0.3 is 9.15 Å². The molecule has 3 rings (SSSR count). The van der Waals surface area contributed by atoms with Crippen LogP contribution in [0.5, 0.6) is 0 Å². The van der Waals surface area contributed by atoms with Gasteiger partial charge in [0.25, 0.3) is 5.76 Å². The molecule has 0 saturated carbocycles. The van der Waals surface area contributed by atoms with Gasteiger partial charge in [0, 0.05) is 16.7 Å². The summed E-state index contributed by atoms with van der Waals surface area (Å²) in [5.41, 5.74) is 0.639. The van der Waals surface area contributed by atoms with E-state index in [1.807, 2.05) is 0 Å². The molecule has 0 atom stereocenters. The third-order valence-electron chi connectivity index (χ3n) is 3.01. The Hall–Kier alpha value is -2.12. The van der Waals surface area contributed by atoms with Crippen molar-refractivity contribution in [2.24, 2.45) is 4.99 Å². The molecule has 0 amide bonds. The summed E-state index contributed by atoms with van der Waals surface area (Å²) >= 11 is 6.36. The summed E-state index contributed by atoms with van der Waals surface area (Å²) in [6.07, 6.45) is 1.40. The molecule has 0 radical (unpaired) electrons. The number of aliphatic imine (C=N–C) groups is 1. The molecular formula is C16H10ClF2NO3S. The zero-order valence-electron chi connectivity index (χ0n) is 12.0. The van der Waals surface area contributed by atoms with E-state index in [1.165, 1.54) is 6.08 Å². The highest BCUT2D eigenvalue weighted by atomic mass is 35.5. The highest BCUT2D eigenvalue weighted by Crippen LogP contribution is 2.24. The number of alkyl halides is 2. The molecule has 0 aliphatic carbocycles. The number of esters is 1. The van der Waals surface area contributed by atoms with Gasteiger partial charge >= 0.3 is 5.97 Å². The van der Waals surface area contributed by atoms with Gasteiger partial charge in [0.2, 0.25) is 5.90 Å². The van der Waals surface area contributed by atoms with Crippen molar-refractivity contribution in [3.05, 3.63) is 64.2 Å². The van der Waals surface area contributed by atoms with E-state index in [0.717, 1.165) is 0 Å². The molecule has 0 fully saturated rings. The first-order valence-electron chi connectivity index (χ1n) is 6.78. The van der Waals surface area contributed by atoms with E-state index >= 15 is 0 Å². The van der Waals surface area contributed by atoms with Gasteiger partial charge in [-0.2, -0.15) is 8.78 Å². The number of rotatable bonds is 5. The van der Waals surface area contributed by atoms with E-state index in [4.69, 9.17) is 20.8 Å². The van der Waals surface area contributed by atoms with E-state index in [1.54, 1.807) is 36.4 Å². The third-order valence-corrected chi connectivity index (χ3v) is 3.94. The molecule has 0 N–H and O–H groups in total. The number of furan rings is 1. The third kappa shape index (κ3) is 4.04. The fourth-order valence-electron chi connectivity index (χ4n) is 1.98. The van der Waals surface area contributed by atoms with Crippen LogP contribution in [0.1, 0.15) is 17.1 Å². The molecule has 2 heterocycles. The van der Waals surface area contributed by atoms with Gasteiger partial charge in [0.1, 0.15) is 11.5 Å². The second-order valence-corrected chi connectivity index (χ2v) is 6.14. The molecular weight excluding hydrogens is 360 g/mol. The Bertz CT molecular complexity index is 832. The lowest BCUT2D eigenvalue weighted by molar-refractivity contribution is -0.129. The Morgan fingerprint density at radius 2 is 2.12 bits per heavy atom. The molecule has 1 aliphatic rings. The number of carbonyl (C=O) groups is 1. The highest BCUT2D eigenvalue weighted by Gasteiger charge is 2.24. The first kappa shape index (κ1) is 16.7. The lowest BCUT2D eigenvalue weighted by Crippen LogP contribution is -2.05. The normalized spacial score (nSPS) is 15.9. The smallest absolute Gasteiger partial charge is 0.363 e. The first-order valence-corrected chi connectivity index (χ1v) is 8.21. The van der Waals surface area contributed by atoms with Gasteiger partial charge in [-0.15, -0.1) is 0 Å². The topological polar surface area (TPSA) is 51.8 Å². The van der Waals surface area contributed by atoms with Crippen LogP contribution in [0.3, 0.4) is 0 Å². The number of ether oxygens (including phenoxy) is 1. The first-order chi connectivity index (χ1) is 11.5. The van der Waals surface area contributed by atoms with Crippen molar-refractivity contribution in [3.63, 3.8) is 0 Å². The fraction of sp³-hybridized carbons (Fsp3) is 0.125. The van der Waals surface area contributed by atoms with Crippen molar-refractivity contribution in [2.75, 3.05) is 0 Å².